The molecule has 2 aromatic carbocycles. The highest BCUT2D eigenvalue weighted by Gasteiger charge is 2.34. The van der Waals surface area contributed by atoms with Gasteiger partial charge in [-0.3, -0.25) is 0 Å². The summed E-state index contributed by atoms with van der Waals surface area (Å²) in [6.45, 7) is 4.04. The molecule has 0 saturated heterocycles. The average Bonchev–Trinajstić information content (AvgIpc) is 2.94. The fourth-order valence-electron chi connectivity index (χ4n) is 2.75. The van der Waals surface area contributed by atoms with Crippen LogP contribution in [0.3, 0.4) is 0 Å². The largest absolute Gasteiger partial charge is 0.247 e. The molecule has 1 atom stereocenters. The Kier molecular flexibility index (Phi) is 3.98. The van der Waals surface area contributed by atoms with Crippen LogP contribution in [0.1, 0.15) is 34.7 Å². The zero-order valence-corrected chi connectivity index (χ0v) is 14.3. The summed E-state index contributed by atoms with van der Waals surface area (Å²) in [5, 5.41) is 4.40. The molecule has 0 aromatic heterocycles. The van der Waals surface area contributed by atoms with Gasteiger partial charge in [0.2, 0.25) is 10.0 Å². The van der Waals surface area contributed by atoms with E-state index in [2.05, 4.69) is 5.10 Å². The highest BCUT2D eigenvalue weighted by atomic mass is 32.2. The maximum atomic E-state index is 12.1. The first kappa shape index (κ1) is 15.7. The Bertz CT molecular complexity index is 838. The van der Waals surface area contributed by atoms with Crippen molar-refractivity contribution in [3.63, 3.8) is 0 Å². The van der Waals surface area contributed by atoms with Gasteiger partial charge in [-0.25, -0.2) is 8.42 Å². The van der Waals surface area contributed by atoms with Crippen LogP contribution in [0.15, 0.2) is 53.6 Å². The molecule has 0 aliphatic carbocycles. The van der Waals surface area contributed by atoms with E-state index in [1.807, 2.05) is 62.4 Å². The van der Waals surface area contributed by atoms with Gasteiger partial charge in [-0.2, -0.15) is 9.52 Å². The maximum absolute atomic E-state index is 12.1. The summed E-state index contributed by atoms with van der Waals surface area (Å²) in [6.07, 6.45) is 1.79. The molecule has 0 radical (unpaired) electrons. The molecule has 2 aromatic rings. The van der Waals surface area contributed by atoms with Crippen LogP contribution in [0.4, 0.5) is 0 Å². The second-order valence-electron chi connectivity index (χ2n) is 6.08. The van der Waals surface area contributed by atoms with Gasteiger partial charge in [0.15, 0.2) is 0 Å². The number of aryl methyl sites for hydroxylation is 2. The molecule has 0 bridgehead atoms. The number of hydrogen-bond acceptors (Lipinski definition) is 3. The van der Waals surface area contributed by atoms with Gasteiger partial charge in [0.1, 0.15) is 0 Å². The van der Waals surface area contributed by atoms with E-state index >= 15 is 0 Å². The summed E-state index contributed by atoms with van der Waals surface area (Å²) in [5.74, 6) is 0. The molecule has 0 unspecified atom stereocenters. The summed E-state index contributed by atoms with van der Waals surface area (Å²) in [4.78, 5) is 0. The first-order valence-corrected chi connectivity index (χ1v) is 9.40. The lowest BCUT2D eigenvalue weighted by Crippen LogP contribution is -2.25. The molecule has 1 aliphatic rings. The lowest BCUT2D eigenvalue weighted by molar-refractivity contribution is 0.375. The summed E-state index contributed by atoms with van der Waals surface area (Å²) in [6, 6.07) is 15.7. The second kappa shape index (κ2) is 5.81. The lowest BCUT2D eigenvalue weighted by Gasteiger charge is -2.21. The SMILES string of the molecule is Cc1ccc(C2=NN(S(C)(=O)=O)[C@@H](c3ccc(C)cc3)C2)cc1. The van der Waals surface area contributed by atoms with Crippen LogP contribution in [-0.2, 0) is 10.0 Å². The smallest absolute Gasteiger partial charge is 0.205 e. The van der Waals surface area contributed by atoms with Crippen LogP contribution >= 0.6 is 0 Å². The van der Waals surface area contributed by atoms with Gasteiger partial charge in [-0.1, -0.05) is 59.7 Å². The molecule has 0 N–H and O–H groups in total. The topological polar surface area (TPSA) is 49.7 Å². The van der Waals surface area contributed by atoms with E-state index in [1.54, 1.807) is 0 Å². The predicted octanol–water partition coefficient (Wildman–Crippen LogP) is 3.41. The fraction of sp³-hybridized carbons (Fsp3) is 0.278. The van der Waals surface area contributed by atoms with E-state index in [0.29, 0.717) is 6.42 Å². The van der Waals surface area contributed by atoms with Crippen LogP contribution < -0.4 is 0 Å². The van der Waals surface area contributed by atoms with Gasteiger partial charge in [0.05, 0.1) is 18.0 Å². The van der Waals surface area contributed by atoms with Crippen LogP contribution in [0.2, 0.25) is 0 Å². The van der Waals surface area contributed by atoms with Crippen molar-refractivity contribution in [2.24, 2.45) is 5.10 Å². The first-order valence-electron chi connectivity index (χ1n) is 7.55. The Morgan fingerprint density at radius 2 is 1.48 bits per heavy atom. The Balaban J connectivity index is 1.99. The third-order valence-electron chi connectivity index (χ3n) is 4.06. The average molecular weight is 328 g/mol. The molecule has 0 amide bonds. The van der Waals surface area contributed by atoms with Crippen LogP contribution in [0, 0.1) is 13.8 Å². The Morgan fingerprint density at radius 1 is 0.957 bits per heavy atom. The quantitative estimate of drug-likeness (QED) is 0.867. The Morgan fingerprint density at radius 3 is 2.00 bits per heavy atom. The number of sulfonamides is 1. The summed E-state index contributed by atoms with van der Waals surface area (Å²) >= 11 is 0. The summed E-state index contributed by atoms with van der Waals surface area (Å²) in [7, 11) is -3.41. The molecular weight excluding hydrogens is 308 g/mol. The van der Waals surface area contributed by atoms with Crippen molar-refractivity contribution in [1.29, 1.82) is 0 Å². The van der Waals surface area contributed by atoms with E-state index in [0.717, 1.165) is 22.4 Å². The molecule has 4 nitrogen and oxygen atoms in total. The van der Waals surface area contributed by atoms with E-state index in [9.17, 15) is 8.42 Å². The number of hydrogen-bond donors (Lipinski definition) is 0. The first-order chi connectivity index (χ1) is 10.8. The van der Waals surface area contributed by atoms with Crippen LogP contribution in [0.5, 0.6) is 0 Å². The number of nitrogens with zero attached hydrogens (tertiary/aromatic N) is 2. The van der Waals surface area contributed by atoms with Gasteiger partial charge in [0, 0.05) is 6.42 Å². The summed E-state index contributed by atoms with van der Waals surface area (Å²) in [5.41, 5.74) is 5.06. The third-order valence-corrected chi connectivity index (χ3v) is 5.08. The van der Waals surface area contributed by atoms with Crippen molar-refractivity contribution in [2.75, 3.05) is 6.26 Å². The molecular formula is C18H20N2O2S. The van der Waals surface area contributed by atoms with E-state index < -0.39 is 10.0 Å². The third kappa shape index (κ3) is 3.29. The minimum absolute atomic E-state index is 0.276. The minimum atomic E-state index is -3.41. The van der Waals surface area contributed by atoms with Gasteiger partial charge in [-0.15, -0.1) is 0 Å². The molecule has 120 valence electrons. The van der Waals surface area contributed by atoms with Crippen LogP contribution in [-0.4, -0.2) is 24.8 Å². The van der Waals surface area contributed by atoms with Crippen molar-refractivity contribution in [3.8, 4) is 0 Å². The maximum Gasteiger partial charge on any atom is 0.247 e. The molecule has 0 spiro atoms. The zero-order chi connectivity index (χ0) is 16.6. The van der Waals surface area contributed by atoms with Crippen molar-refractivity contribution >= 4 is 15.7 Å². The van der Waals surface area contributed by atoms with Crippen molar-refractivity contribution in [1.82, 2.24) is 4.41 Å². The monoisotopic (exact) mass is 328 g/mol. The molecule has 5 heteroatoms. The number of benzene rings is 2. The highest BCUT2D eigenvalue weighted by molar-refractivity contribution is 7.88. The molecule has 3 rings (SSSR count). The standard InChI is InChI=1S/C18H20N2O2S/c1-13-4-8-15(9-5-13)17-12-18(20(19-17)23(3,21)22)16-10-6-14(2)7-11-16/h4-11,18H,12H2,1-3H3/t18-/m1/s1. The minimum Gasteiger partial charge on any atom is -0.205 e. The zero-order valence-electron chi connectivity index (χ0n) is 13.5. The Hall–Kier alpha value is -2.14. The van der Waals surface area contributed by atoms with Crippen molar-refractivity contribution in [3.05, 3.63) is 70.8 Å². The normalized spacial score (nSPS) is 18.1. The highest BCUT2D eigenvalue weighted by Crippen LogP contribution is 2.34. The fourth-order valence-corrected chi connectivity index (χ4v) is 3.66. The lowest BCUT2D eigenvalue weighted by atomic mass is 9.98. The number of hydrazone groups is 1. The predicted molar refractivity (Wildman–Crippen MR) is 92.9 cm³/mol. The van der Waals surface area contributed by atoms with Crippen molar-refractivity contribution in [2.45, 2.75) is 26.3 Å². The van der Waals surface area contributed by atoms with E-state index in [-0.39, 0.29) is 6.04 Å². The van der Waals surface area contributed by atoms with E-state index in [1.165, 1.54) is 16.2 Å². The van der Waals surface area contributed by atoms with Gasteiger partial charge in [-0.05, 0) is 25.0 Å². The van der Waals surface area contributed by atoms with Gasteiger partial charge in [0.25, 0.3) is 0 Å². The van der Waals surface area contributed by atoms with Gasteiger partial charge < -0.3 is 0 Å². The molecule has 1 aliphatic heterocycles. The van der Waals surface area contributed by atoms with Crippen LogP contribution in [0.25, 0.3) is 0 Å². The summed E-state index contributed by atoms with van der Waals surface area (Å²) < 4.78 is 25.5. The van der Waals surface area contributed by atoms with Gasteiger partial charge >= 0.3 is 0 Å². The molecule has 1 heterocycles. The molecule has 0 fully saturated rings. The molecule has 23 heavy (non-hydrogen) atoms. The van der Waals surface area contributed by atoms with Crippen molar-refractivity contribution < 1.29 is 8.42 Å². The Labute approximate surface area is 137 Å². The second-order valence-corrected chi connectivity index (χ2v) is 7.92. The van der Waals surface area contributed by atoms with E-state index in [4.69, 9.17) is 0 Å². The number of rotatable bonds is 3. The molecule has 0 saturated carbocycles.